The summed E-state index contributed by atoms with van der Waals surface area (Å²) in [5, 5.41) is 6.03. The quantitative estimate of drug-likeness (QED) is 0.0326. The number of Topliss-reactive ketones (excluding diaryl/α,β-unsaturated/α-hetero) is 1. The minimum Gasteiger partial charge on any atom is -0.485 e. The van der Waals surface area contributed by atoms with Crippen LogP contribution in [0.5, 0.6) is 34.5 Å². The number of terminal acetylenes is 3. The number of aromatic amines is 1. The van der Waals surface area contributed by atoms with E-state index in [2.05, 4.69) is 78.4 Å². The third-order valence-corrected chi connectivity index (χ3v) is 13.1. The molecule has 0 unspecified atom stereocenters. The molecular weight excluding hydrogens is 1270 g/mol. The number of benzene rings is 7. The topological polar surface area (TPSA) is 222 Å². The standard InChI is InChI=1S/C27H23NO4.C21H17N3O4.C21H20N2O3.C6H2.C5H4.C4H6/c29-27(32-20-23-14-8-3-9-15-23)24-16-25(30-18-21-10-4-1-5-11-21)26(17-28-24)31-19-22-12-6-2-7-13-22;25-21-24-23-20(28-21)17-11-18(26-13-15-7-3-1-4-8-15)19(12-22-17)27-14-16-9-5-2-6-10-16;22-12-19(24)18-11-20(25-14-16-7-3-1-4-8-16)21(13-23-18)26-15-17-9-5-2-6-10-17;1-3-5-6-4-2;1-3-5-4-2;1-3-4-2/h1-17H,18-20H2;1-12H,13-14H2,(H,24,25);1-11,13H,12,14-15,22H2;1-2H;1H,2H3;1-2H3. The lowest BCUT2D eigenvalue weighted by Gasteiger charge is -2.14. The van der Waals surface area contributed by atoms with Crippen LogP contribution in [-0.4, -0.2) is 43.4 Å². The molecule has 17 heteroatoms. The molecule has 0 bridgehead atoms. The number of nitrogens with one attached hydrogen (secondary N) is 1. The summed E-state index contributed by atoms with van der Waals surface area (Å²) in [7, 11) is 0. The highest BCUT2D eigenvalue weighted by Gasteiger charge is 2.18. The molecule has 11 rings (SSSR count). The van der Waals surface area contributed by atoms with Gasteiger partial charge in [0.1, 0.15) is 57.6 Å². The van der Waals surface area contributed by atoms with Crippen LogP contribution < -0.4 is 39.9 Å². The first-order valence-electron chi connectivity index (χ1n) is 31.2. The predicted molar refractivity (Wildman–Crippen MR) is 389 cm³/mol. The van der Waals surface area contributed by atoms with Gasteiger partial charge in [-0.25, -0.2) is 29.6 Å². The van der Waals surface area contributed by atoms with E-state index in [4.69, 9.17) is 62.6 Å². The van der Waals surface area contributed by atoms with Crippen molar-refractivity contribution < 1.29 is 47.2 Å². The zero-order valence-corrected chi connectivity index (χ0v) is 55.9. The molecular formula is C84H72N6O11. The number of carbonyl (C=O) groups is 2. The summed E-state index contributed by atoms with van der Waals surface area (Å²) in [6.07, 6.45) is 18.6. The lowest BCUT2D eigenvalue weighted by Crippen LogP contribution is -2.15. The number of nitrogens with zero attached hydrogens (tertiary/aromatic N) is 4. The first-order valence-corrected chi connectivity index (χ1v) is 31.2. The maximum Gasteiger partial charge on any atom is 0.434 e. The maximum absolute atomic E-state index is 12.6. The zero-order chi connectivity index (χ0) is 71.8. The van der Waals surface area contributed by atoms with Crippen molar-refractivity contribution in [2.24, 2.45) is 5.73 Å². The third-order valence-electron chi connectivity index (χ3n) is 13.1. The van der Waals surface area contributed by atoms with Crippen LogP contribution in [0, 0.1) is 72.6 Å². The summed E-state index contributed by atoms with van der Waals surface area (Å²) in [6.45, 7) is 7.60. The lowest BCUT2D eigenvalue weighted by atomic mass is 10.2. The number of esters is 1. The number of aromatic nitrogens is 5. The van der Waals surface area contributed by atoms with Crippen molar-refractivity contribution in [2.75, 3.05) is 6.54 Å². The number of ketones is 1. The van der Waals surface area contributed by atoms with E-state index < -0.39 is 11.7 Å². The van der Waals surface area contributed by atoms with E-state index in [1.807, 2.05) is 226 Å². The summed E-state index contributed by atoms with van der Waals surface area (Å²) >= 11 is 0. The Morgan fingerprint density at radius 1 is 0.406 bits per heavy atom. The van der Waals surface area contributed by atoms with Crippen molar-refractivity contribution >= 4 is 11.8 Å². The van der Waals surface area contributed by atoms with Gasteiger partial charge in [0.2, 0.25) is 0 Å². The van der Waals surface area contributed by atoms with Gasteiger partial charge in [0.05, 0.1) is 25.1 Å². The largest absolute Gasteiger partial charge is 0.485 e. The molecule has 504 valence electrons. The van der Waals surface area contributed by atoms with Crippen molar-refractivity contribution in [3.63, 3.8) is 0 Å². The number of hydrogen-bond acceptors (Lipinski definition) is 16. The molecule has 0 saturated carbocycles. The van der Waals surface area contributed by atoms with Gasteiger partial charge in [-0.2, -0.15) is 0 Å². The molecule has 0 radical (unpaired) electrons. The minimum absolute atomic E-state index is 0.0872. The van der Waals surface area contributed by atoms with E-state index >= 15 is 0 Å². The molecule has 4 aromatic heterocycles. The highest BCUT2D eigenvalue weighted by molar-refractivity contribution is 5.96. The molecule has 0 spiro atoms. The van der Waals surface area contributed by atoms with Gasteiger partial charge in [-0.3, -0.25) is 4.79 Å². The molecule has 0 fully saturated rings. The SMILES string of the molecule is C#CC#CC.C#CC#CC#C.CC#CC.NCC(=O)c1cc(OCc2ccccc2)c(OCc2ccccc2)cn1.O=C(OCc1ccccc1)c1cc(OCc2ccccc2)c(OCc2ccccc2)cn1.O=c1[nH]nc(-c2cc(OCc3ccccc3)c(OCc3ccccc3)cn2)o1. The molecule has 11 aromatic rings. The van der Waals surface area contributed by atoms with E-state index in [1.54, 1.807) is 25.1 Å². The summed E-state index contributed by atoms with van der Waals surface area (Å²) < 4.78 is 45.9. The molecule has 0 aliphatic carbocycles. The van der Waals surface area contributed by atoms with Crippen LogP contribution in [0.3, 0.4) is 0 Å². The molecule has 4 heterocycles. The van der Waals surface area contributed by atoms with Crippen LogP contribution >= 0.6 is 0 Å². The Labute approximate surface area is 589 Å². The molecule has 101 heavy (non-hydrogen) atoms. The average Bonchev–Trinajstić information content (AvgIpc) is 1.81. The summed E-state index contributed by atoms with van der Waals surface area (Å²) in [5.74, 6) is 22.5. The van der Waals surface area contributed by atoms with Crippen LogP contribution in [0.25, 0.3) is 11.6 Å². The normalized spacial score (nSPS) is 9.36. The second-order valence-corrected chi connectivity index (χ2v) is 20.4. The van der Waals surface area contributed by atoms with Crippen molar-refractivity contribution in [1.29, 1.82) is 0 Å². The van der Waals surface area contributed by atoms with Gasteiger partial charge in [-0.05, 0) is 95.2 Å². The number of hydrogen-bond donors (Lipinski definition) is 2. The smallest absolute Gasteiger partial charge is 0.434 e. The Morgan fingerprint density at radius 2 is 0.713 bits per heavy atom. The van der Waals surface area contributed by atoms with Crippen LogP contribution in [0.2, 0.25) is 0 Å². The Hall–Kier alpha value is -13.8. The molecule has 0 atom stereocenters. The van der Waals surface area contributed by atoms with Crippen molar-refractivity contribution in [3.05, 3.63) is 310 Å². The van der Waals surface area contributed by atoms with Gasteiger partial charge >= 0.3 is 11.7 Å². The maximum atomic E-state index is 12.6. The Morgan fingerprint density at radius 3 is 1.01 bits per heavy atom. The Bertz CT molecular complexity index is 4650. The second-order valence-electron chi connectivity index (χ2n) is 20.4. The van der Waals surface area contributed by atoms with E-state index in [0.29, 0.717) is 79.8 Å². The lowest BCUT2D eigenvalue weighted by molar-refractivity contribution is 0.0464. The first-order chi connectivity index (χ1) is 49.6. The van der Waals surface area contributed by atoms with E-state index in [1.165, 1.54) is 18.6 Å². The first kappa shape index (κ1) is 76.2. The average molecular weight is 1340 g/mol. The molecule has 3 N–H and O–H groups in total. The Balaban J connectivity index is 0.000000217. The van der Waals surface area contributed by atoms with Gasteiger partial charge in [0.15, 0.2) is 46.0 Å². The van der Waals surface area contributed by atoms with Crippen LogP contribution in [-0.2, 0) is 51.0 Å². The van der Waals surface area contributed by atoms with Crippen LogP contribution in [0.4, 0.5) is 0 Å². The molecule has 0 aliphatic heterocycles. The summed E-state index contributed by atoms with van der Waals surface area (Å²) in [4.78, 5) is 48.3. The van der Waals surface area contributed by atoms with Gasteiger partial charge in [-0.1, -0.05) is 218 Å². The number of pyridine rings is 3. The number of H-pyrrole nitrogens is 1. The molecule has 0 aliphatic rings. The van der Waals surface area contributed by atoms with E-state index in [0.717, 1.165) is 38.9 Å². The van der Waals surface area contributed by atoms with Crippen molar-refractivity contribution in [1.82, 2.24) is 25.1 Å². The van der Waals surface area contributed by atoms with Gasteiger partial charge in [-0.15, -0.1) is 36.2 Å². The highest BCUT2D eigenvalue weighted by Crippen LogP contribution is 2.33. The third kappa shape index (κ3) is 29.0. The molecule has 0 saturated heterocycles. The number of carbonyl (C=O) groups excluding carboxylic acids is 2. The van der Waals surface area contributed by atoms with Crippen molar-refractivity contribution in [3.8, 4) is 119 Å². The number of nitrogens with two attached hydrogens (primary N) is 1. The molecule has 7 aromatic carbocycles. The second kappa shape index (κ2) is 45.5. The fourth-order valence-electron chi connectivity index (χ4n) is 8.12. The molecule has 17 nitrogen and oxygen atoms in total. The highest BCUT2D eigenvalue weighted by atomic mass is 16.5. The fraction of sp³-hybridized carbons (Fsp3) is 0.131. The van der Waals surface area contributed by atoms with Gasteiger partial charge < -0.3 is 43.3 Å². The zero-order valence-electron chi connectivity index (χ0n) is 55.9. The molecule has 0 amide bonds. The summed E-state index contributed by atoms with van der Waals surface area (Å²) in [6, 6.07) is 73.1. The van der Waals surface area contributed by atoms with E-state index in [9.17, 15) is 14.4 Å². The van der Waals surface area contributed by atoms with Gasteiger partial charge in [0.25, 0.3) is 5.89 Å². The van der Waals surface area contributed by atoms with Crippen LogP contribution in [0.15, 0.2) is 258 Å². The minimum atomic E-state index is -0.645. The van der Waals surface area contributed by atoms with Gasteiger partial charge in [0, 0.05) is 18.2 Å². The number of rotatable bonds is 24. The fourth-order valence-corrected chi connectivity index (χ4v) is 8.12. The van der Waals surface area contributed by atoms with Crippen molar-refractivity contribution in [2.45, 2.75) is 67.0 Å². The number of ether oxygens (including phenoxy) is 7. The van der Waals surface area contributed by atoms with Crippen LogP contribution in [0.1, 0.15) is 80.7 Å². The summed E-state index contributed by atoms with van der Waals surface area (Å²) in [5.41, 5.74) is 13.3. The van der Waals surface area contributed by atoms with E-state index in [-0.39, 0.29) is 36.2 Å². The Kier molecular flexibility index (Phi) is 34.4. The monoisotopic (exact) mass is 1340 g/mol. The predicted octanol–water partition coefficient (Wildman–Crippen LogP) is 14.5.